The molecule has 388 valence electrons. The molecule has 0 aliphatic heterocycles. The van der Waals surface area contributed by atoms with Crippen LogP contribution in [0.4, 0.5) is 0 Å². The molecule has 0 aromatic rings. The highest BCUT2D eigenvalue weighted by Gasteiger charge is 2.19. The summed E-state index contributed by atoms with van der Waals surface area (Å²) in [6, 6.07) is 0. The second-order valence-electron chi connectivity index (χ2n) is 17.4. The van der Waals surface area contributed by atoms with Gasteiger partial charge >= 0.3 is 17.9 Å². The van der Waals surface area contributed by atoms with Gasteiger partial charge in [-0.3, -0.25) is 14.4 Å². The van der Waals surface area contributed by atoms with Gasteiger partial charge in [0.05, 0.1) is 0 Å². The van der Waals surface area contributed by atoms with Gasteiger partial charge in [0.2, 0.25) is 0 Å². The molecule has 0 fully saturated rings. The Labute approximate surface area is 428 Å². The number of allylic oxidation sites excluding steroid dienone is 28. The van der Waals surface area contributed by atoms with Crippen LogP contribution in [-0.4, -0.2) is 37.2 Å². The van der Waals surface area contributed by atoms with Gasteiger partial charge in [0.25, 0.3) is 0 Å². The van der Waals surface area contributed by atoms with Crippen molar-refractivity contribution in [2.24, 2.45) is 0 Å². The van der Waals surface area contributed by atoms with Crippen LogP contribution in [0.2, 0.25) is 0 Å². The molecule has 0 saturated carbocycles. The van der Waals surface area contributed by atoms with Crippen molar-refractivity contribution in [2.75, 3.05) is 13.2 Å². The van der Waals surface area contributed by atoms with Crippen LogP contribution in [0.25, 0.3) is 0 Å². The lowest BCUT2D eigenvalue weighted by Crippen LogP contribution is -2.30. The maximum Gasteiger partial charge on any atom is 0.306 e. The Morgan fingerprint density at radius 3 is 0.886 bits per heavy atom. The van der Waals surface area contributed by atoms with Crippen LogP contribution in [0, 0.1) is 0 Å². The first-order valence-corrected chi connectivity index (χ1v) is 27.3. The summed E-state index contributed by atoms with van der Waals surface area (Å²) in [5.74, 6) is -1.01. The molecule has 1 atom stereocenters. The van der Waals surface area contributed by atoms with Crippen molar-refractivity contribution in [2.45, 2.75) is 200 Å². The van der Waals surface area contributed by atoms with Crippen molar-refractivity contribution in [3.63, 3.8) is 0 Å². The Morgan fingerprint density at radius 2 is 0.557 bits per heavy atom. The van der Waals surface area contributed by atoms with E-state index in [2.05, 4.69) is 118 Å². The van der Waals surface area contributed by atoms with Crippen LogP contribution < -0.4 is 0 Å². The standard InChI is InChI=1S/C64H96O6/c1-4-7-10-13-16-19-22-25-28-30-32-34-36-39-42-45-48-51-54-57-63(66)69-60-61(59-68-62(65)56-53-50-47-44-41-38-35-27-24-21-18-15-12-9-6-3)70-64(67)58-55-52-49-46-43-40-37-33-31-29-26-23-20-17-14-11-8-5-2/h7,9-10,12-13,15-26,28-34,36-37,39,42,61H,4-6,8,11,14,27,35,38,40-41,43-60H2,1-3H3/b10-7-,12-9-,16-13-,18-15-,20-17-,22-19-,24-21-,26-23-,28-25-,31-29-,32-30+,36-34-,37-33-,42-39-. The zero-order valence-electron chi connectivity index (χ0n) is 44.2. The van der Waals surface area contributed by atoms with Gasteiger partial charge in [0.1, 0.15) is 13.2 Å². The second kappa shape index (κ2) is 56.4. The van der Waals surface area contributed by atoms with Crippen LogP contribution in [0.1, 0.15) is 194 Å². The summed E-state index contributed by atoms with van der Waals surface area (Å²) >= 11 is 0. The molecule has 0 aromatic heterocycles. The SMILES string of the molecule is CC\C=C/C=C\C=C/C=C\C=C\C=C/C=C\CCCCCC(=O)OCC(COC(=O)CCCCCCCCC\C=C/C=C\C=C/CC)OC(=O)CCCCCCC\C=C/C=C\C=C/C=C\CCCCC. The van der Waals surface area contributed by atoms with E-state index in [4.69, 9.17) is 14.2 Å². The molecule has 0 aliphatic carbocycles. The Balaban J connectivity index is 4.61. The molecule has 0 N–H and O–H groups in total. The second-order valence-corrected chi connectivity index (χ2v) is 17.4. The first kappa shape index (κ1) is 64.8. The smallest absolute Gasteiger partial charge is 0.306 e. The van der Waals surface area contributed by atoms with Crippen molar-refractivity contribution in [3.05, 3.63) is 170 Å². The summed E-state index contributed by atoms with van der Waals surface area (Å²) in [6.45, 7) is 6.23. The van der Waals surface area contributed by atoms with E-state index in [1.54, 1.807) is 0 Å². The lowest BCUT2D eigenvalue weighted by Gasteiger charge is -2.18. The Bertz CT molecular complexity index is 1670. The van der Waals surface area contributed by atoms with Crippen molar-refractivity contribution in [1.82, 2.24) is 0 Å². The number of carbonyl (C=O) groups excluding carboxylic acids is 3. The Hall–Kier alpha value is -5.23. The summed E-state index contributed by atoms with van der Waals surface area (Å²) in [5, 5.41) is 0. The van der Waals surface area contributed by atoms with Gasteiger partial charge in [0, 0.05) is 19.3 Å². The third-order valence-electron chi connectivity index (χ3n) is 10.8. The van der Waals surface area contributed by atoms with Gasteiger partial charge in [-0.25, -0.2) is 0 Å². The number of ether oxygens (including phenoxy) is 3. The minimum atomic E-state index is -0.825. The highest BCUT2D eigenvalue weighted by molar-refractivity contribution is 5.71. The molecule has 1 unspecified atom stereocenters. The molecule has 0 spiro atoms. The number of hydrogen-bond donors (Lipinski definition) is 0. The minimum Gasteiger partial charge on any atom is -0.462 e. The number of esters is 3. The quantitative estimate of drug-likeness (QED) is 0.0262. The first-order chi connectivity index (χ1) is 34.5. The van der Waals surface area contributed by atoms with E-state index in [1.165, 1.54) is 38.5 Å². The molecule has 0 saturated heterocycles. The minimum absolute atomic E-state index is 0.118. The fraction of sp³-hybridized carbons (Fsp3) is 0.516. The third kappa shape index (κ3) is 53.7. The monoisotopic (exact) mass is 961 g/mol. The van der Waals surface area contributed by atoms with Crippen molar-refractivity contribution < 1.29 is 28.6 Å². The summed E-state index contributed by atoms with van der Waals surface area (Å²) in [6.07, 6.45) is 83.2. The normalized spacial score (nSPS) is 13.5. The molecule has 6 heteroatoms. The van der Waals surface area contributed by atoms with E-state index in [-0.39, 0.29) is 44.0 Å². The lowest BCUT2D eigenvalue weighted by molar-refractivity contribution is -0.167. The predicted molar refractivity (Wildman–Crippen MR) is 301 cm³/mol. The van der Waals surface area contributed by atoms with Crippen LogP contribution in [-0.2, 0) is 28.6 Å². The van der Waals surface area contributed by atoms with Gasteiger partial charge in [0.15, 0.2) is 6.10 Å². The van der Waals surface area contributed by atoms with Crippen LogP contribution in [0.5, 0.6) is 0 Å². The van der Waals surface area contributed by atoms with E-state index in [0.29, 0.717) is 12.8 Å². The number of rotatable bonds is 46. The van der Waals surface area contributed by atoms with Crippen LogP contribution in [0.3, 0.4) is 0 Å². The fourth-order valence-electron chi connectivity index (χ4n) is 6.73. The average Bonchev–Trinajstić information content (AvgIpc) is 3.36. The Kier molecular flexibility index (Phi) is 52.1. The fourth-order valence-corrected chi connectivity index (χ4v) is 6.73. The molecule has 0 heterocycles. The summed E-state index contributed by atoms with van der Waals surface area (Å²) in [5.41, 5.74) is 0. The average molecular weight is 961 g/mol. The van der Waals surface area contributed by atoms with Crippen molar-refractivity contribution >= 4 is 17.9 Å². The molecule has 0 rings (SSSR count). The van der Waals surface area contributed by atoms with Crippen LogP contribution >= 0.6 is 0 Å². The Morgan fingerprint density at radius 1 is 0.300 bits per heavy atom. The molecular weight excluding hydrogens is 865 g/mol. The zero-order chi connectivity index (χ0) is 50.7. The molecule has 0 aromatic carbocycles. The number of hydrogen-bond acceptors (Lipinski definition) is 6. The summed E-state index contributed by atoms with van der Waals surface area (Å²) in [7, 11) is 0. The van der Waals surface area contributed by atoms with Gasteiger partial charge in [-0.15, -0.1) is 0 Å². The number of unbranched alkanes of at least 4 members (excludes halogenated alkanes) is 18. The molecule has 70 heavy (non-hydrogen) atoms. The lowest BCUT2D eigenvalue weighted by atomic mass is 10.1. The van der Waals surface area contributed by atoms with E-state index in [9.17, 15) is 14.4 Å². The third-order valence-corrected chi connectivity index (χ3v) is 10.8. The van der Waals surface area contributed by atoms with Gasteiger partial charge < -0.3 is 14.2 Å². The molecular formula is C64H96O6. The van der Waals surface area contributed by atoms with E-state index < -0.39 is 6.10 Å². The molecule has 0 aliphatic rings. The van der Waals surface area contributed by atoms with Crippen molar-refractivity contribution in [3.8, 4) is 0 Å². The highest BCUT2D eigenvalue weighted by Crippen LogP contribution is 2.13. The molecule has 6 nitrogen and oxygen atoms in total. The highest BCUT2D eigenvalue weighted by atomic mass is 16.6. The topological polar surface area (TPSA) is 78.9 Å². The molecule has 0 bridgehead atoms. The predicted octanol–water partition coefficient (Wildman–Crippen LogP) is 18.4. The summed E-state index contributed by atoms with van der Waals surface area (Å²) in [4.78, 5) is 38.1. The van der Waals surface area contributed by atoms with E-state index in [1.807, 2.05) is 72.9 Å². The maximum absolute atomic E-state index is 12.8. The van der Waals surface area contributed by atoms with Gasteiger partial charge in [-0.2, -0.15) is 0 Å². The van der Waals surface area contributed by atoms with E-state index in [0.717, 1.165) is 109 Å². The zero-order valence-corrected chi connectivity index (χ0v) is 44.2. The molecule has 0 amide bonds. The molecule has 0 radical (unpaired) electrons. The first-order valence-electron chi connectivity index (χ1n) is 27.3. The number of carbonyl (C=O) groups is 3. The van der Waals surface area contributed by atoms with Gasteiger partial charge in [-0.1, -0.05) is 262 Å². The van der Waals surface area contributed by atoms with Crippen molar-refractivity contribution in [1.29, 1.82) is 0 Å². The maximum atomic E-state index is 12.8. The summed E-state index contributed by atoms with van der Waals surface area (Å²) < 4.78 is 16.8. The van der Waals surface area contributed by atoms with Gasteiger partial charge in [-0.05, 0) is 83.5 Å². The largest absolute Gasteiger partial charge is 0.462 e. The van der Waals surface area contributed by atoms with E-state index >= 15 is 0 Å². The van der Waals surface area contributed by atoms with Crippen LogP contribution in [0.15, 0.2) is 170 Å².